The van der Waals surface area contributed by atoms with E-state index in [2.05, 4.69) is 22.1 Å². The number of nitrogens with one attached hydrogen (secondary N) is 1. The molecule has 1 aliphatic heterocycles. The number of piperidine rings is 1. The standard InChI is InChI=1S/C15H24N4O/c1-3-17-15(20)14-9-12(7-8-18-14)19-11(2)5-4-6-13(19)10-16/h7-9,11,13H,3-6,10,16H2,1-2H3,(H,17,20). The number of nitrogens with zero attached hydrogens (tertiary/aromatic N) is 2. The van der Waals surface area contributed by atoms with Crippen LogP contribution < -0.4 is 16.0 Å². The highest BCUT2D eigenvalue weighted by Gasteiger charge is 2.27. The van der Waals surface area contributed by atoms with Gasteiger partial charge in [0, 0.05) is 37.1 Å². The summed E-state index contributed by atoms with van der Waals surface area (Å²) in [5.74, 6) is -0.122. The second kappa shape index (κ2) is 6.70. The first-order chi connectivity index (χ1) is 9.67. The minimum Gasteiger partial charge on any atom is -0.364 e. The minimum atomic E-state index is -0.122. The predicted octanol–water partition coefficient (Wildman–Crippen LogP) is 1.54. The Morgan fingerprint density at radius 1 is 1.55 bits per heavy atom. The van der Waals surface area contributed by atoms with Crippen LogP contribution in [0, 0.1) is 0 Å². The molecule has 1 saturated heterocycles. The van der Waals surface area contributed by atoms with E-state index in [1.807, 2.05) is 19.1 Å². The van der Waals surface area contributed by atoms with Crippen LogP contribution in [0.1, 0.15) is 43.6 Å². The van der Waals surface area contributed by atoms with Gasteiger partial charge in [0.1, 0.15) is 5.69 Å². The van der Waals surface area contributed by atoms with E-state index >= 15 is 0 Å². The number of anilines is 1. The van der Waals surface area contributed by atoms with Crippen LogP contribution in [0.5, 0.6) is 0 Å². The summed E-state index contributed by atoms with van der Waals surface area (Å²) in [5.41, 5.74) is 7.42. The topological polar surface area (TPSA) is 71.2 Å². The quantitative estimate of drug-likeness (QED) is 0.875. The second-order valence-corrected chi connectivity index (χ2v) is 5.34. The van der Waals surface area contributed by atoms with Crippen LogP contribution in [0.15, 0.2) is 18.3 Å². The largest absolute Gasteiger partial charge is 0.364 e. The van der Waals surface area contributed by atoms with Crippen LogP contribution >= 0.6 is 0 Å². The zero-order valence-corrected chi connectivity index (χ0v) is 12.3. The van der Waals surface area contributed by atoms with Crippen LogP contribution in [0.2, 0.25) is 0 Å². The summed E-state index contributed by atoms with van der Waals surface area (Å²) in [6.45, 7) is 5.37. The van der Waals surface area contributed by atoms with Gasteiger partial charge in [-0.2, -0.15) is 0 Å². The number of nitrogens with two attached hydrogens (primary N) is 1. The van der Waals surface area contributed by atoms with Crippen molar-refractivity contribution in [1.29, 1.82) is 0 Å². The first kappa shape index (κ1) is 14.8. The Bertz CT molecular complexity index is 463. The smallest absolute Gasteiger partial charge is 0.269 e. The van der Waals surface area contributed by atoms with Gasteiger partial charge in [-0.3, -0.25) is 9.78 Å². The first-order valence-corrected chi connectivity index (χ1v) is 7.40. The molecule has 2 atom stereocenters. The zero-order chi connectivity index (χ0) is 14.5. The van der Waals surface area contributed by atoms with Crippen molar-refractivity contribution in [2.75, 3.05) is 18.0 Å². The van der Waals surface area contributed by atoms with Gasteiger partial charge in [-0.15, -0.1) is 0 Å². The molecule has 5 heteroatoms. The summed E-state index contributed by atoms with van der Waals surface area (Å²) in [5, 5.41) is 2.78. The van der Waals surface area contributed by atoms with Gasteiger partial charge in [-0.05, 0) is 45.2 Å². The van der Waals surface area contributed by atoms with Crippen molar-refractivity contribution in [1.82, 2.24) is 10.3 Å². The van der Waals surface area contributed by atoms with Crippen molar-refractivity contribution in [3.8, 4) is 0 Å². The molecule has 110 valence electrons. The van der Waals surface area contributed by atoms with Crippen molar-refractivity contribution in [3.05, 3.63) is 24.0 Å². The van der Waals surface area contributed by atoms with Gasteiger partial charge in [0.25, 0.3) is 5.91 Å². The predicted molar refractivity (Wildman–Crippen MR) is 80.9 cm³/mol. The highest BCUT2D eigenvalue weighted by molar-refractivity contribution is 5.93. The highest BCUT2D eigenvalue weighted by atomic mass is 16.1. The number of rotatable bonds is 4. The molecule has 0 spiro atoms. The molecular weight excluding hydrogens is 252 g/mol. The van der Waals surface area contributed by atoms with Crippen molar-refractivity contribution >= 4 is 11.6 Å². The van der Waals surface area contributed by atoms with E-state index in [1.54, 1.807) is 6.20 Å². The van der Waals surface area contributed by atoms with E-state index in [1.165, 1.54) is 6.42 Å². The van der Waals surface area contributed by atoms with Crippen LogP contribution in [-0.4, -0.2) is 36.1 Å². The number of pyridine rings is 1. The van der Waals surface area contributed by atoms with Crippen LogP contribution in [0.4, 0.5) is 5.69 Å². The van der Waals surface area contributed by atoms with Crippen molar-refractivity contribution < 1.29 is 4.79 Å². The van der Waals surface area contributed by atoms with E-state index < -0.39 is 0 Å². The van der Waals surface area contributed by atoms with Gasteiger partial charge in [0.05, 0.1) is 0 Å². The molecule has 1 aliphatic rings. The maximum absolute atomic E-state index is 11.9. The van der Waals surface area contributed by atoms with E-state index in [4.69, 9.17) is 5.73 Å². The molecule has 0 radical (unpaired) electrons. The molecule has 1 aromatic rings. The molecule has 2 unspecified atom stereocenters. The van der Waals surface area contributed by atoms with Gasteiger partial charge in [0.2, 0.25) is 0 Å². The van der Waals surface area contributed by atoms with Gasteiger partial charge in [-0.1, -0.05) is 0 Å². The van der Waals surface area contributed by atoms with E-state index in [0.29, 0.717) is 30.9 Å². The third-order valence-corrected chi connectivity index (χ3v) is 3.91. The summed E-state index contributed by atoms with van der Waals surface area (Å²) in [4.78, 5) is 18.4. The molecule has 3 N–H and O–H groups in total. The van der Waals surface area contributed by atoms with Crippen molar-refractivity contribution in [2.24, 2.45) is 5.73 Å². The molecule has 2 heterocycles. The number of amides is 1. The Kier molecular flexibility index (Phi) is 4.95. The summed E-state index contributed by atoms with van der Waals surface area (Å²) in [7, 11) is 0. The lowest BCUT2D eigenvalue weighted by atomic mass is 9.95. The van der Waals surface area contributed by atoms with Gasteiger partial charge >= 0.3 is 0 Å². The van der Waals surface area contributed by atoms with Crippen LogP contribution in [0.25, 0.3) is 0 Å². The SMILES string of the molecule is CCNC(=O)c1cc(N2C(C)CCCC2CN)ccn1. The number of carbonyl (C=O) groups is 1. The lowest BCUT2D eigenvalue weighted by Gasteiger charge is -2.42. The third kappa shape index (κ3) is 3.10. The molecule has 0 saturated carbocycles. The molecule has 1 fully saturated rings. The number of hydrogen-bond acceptors (Lipinski definition) is 4. The average Bonchev–Trinajstić information content (AvgIpc) is 2.47. The third-order valence-electron chi connectivity index (χ3n) is 3.91. The van der Waals surface area contributed by atoms with Gasteiger partial charge < -0.3 is 16.0 Å². The van der Waals surface area contributed by atoms with Crippen molar-refractivity contribution in [3.63, 3.8) is 0 Å². The molecule has 2 rings (SSSR count). The normalized spacial score (nSPS) is 22.6. The maximum atomic E-state index is 11.9. The molecule has 0 bridgehead atoms. The monoisotopic (exact) mass is 276 g/mol. The van der Waals surface area contributed by atoms with E-state index in [9.17, 15) is 4.79 Å². The van der Waals surface area contributed by atoms with Crippen LogP contribution in [-0.2, 0) is 0 Å². The highest BCUT2D eigenvalue weighted by Crippen LogP contribution is 2.28. The first-order valence-electron chi connectivity index (χ1n) is 7.40. The van der Waals surface area contributed by atoms with Crippen molar-refractivity contribution in [2.45, 2.75) is 45.2 Å². The fourth-order valence-corrected chi connectivity index (χ4v) is 2.94. The summed E-state index contributed by atoms with van der Waals surface area (Å²) in [6, 6.07) is 4.63. The Labute approximate surface area is 120 Å². The van der Waals surface area contributed by atoms with E-state index in [-0.39, 0.29) is 5.91 Å². The molecule has 20 heavy (non-hydrogen) atoms. The lowest BCUT2D eigenvalue weighted by Crippen LogP contribution is -2.49. The molecule has 1 aromatic heterocycles. The fraction of sp³-hybridized carbons (Fsp3) is 0.600. The van der Waals surface area contributed by atoms with Crippen LogP contribution in [0.3, 0.4) is 0 Å². The number of carbonyl (C=O) groups excluding carboxylic acids is 1. The molecule has 5 nitrogen and oxygen atoms in total. The Morgan fingerprint density at radius 2 is 2.35 bits per heavy atom. The van der Waals surface area contributed by atoms with Gasteiger partial charge in [-0.25, -0.2) is 0 Å². The molecular formula is C15H24N4O. The summed E-state index contributed by atoms with van der Waals surface area (Å²) < 4.78 is 0. The fourth-order valence-electron chi connectivity index (χ4n) is 2.94. The number of aromatic nitrogens is 1. The average molecular weight is 276 g/mol. The van der Waals surface area contributed by atoms with E-state index in [0.717, 1.165) is 18.5 Å². The summed E-state index contributed by atoms with van der Waals surface area (Å²) >= 11 is 0. The summed E-state index contributed by atoms with van der Waals surface area (Å²) in [6.07, 6.45) is 5.19. The lowest BCUT2D eigenvalue weighted by molar-refractivity contribution is 0.0951. The Balaban J connectivity index is 2.26. The molecule has 0 aliphatic carbocycles. The molecule has 0 aromatic carbocycles. The second-order valence-electron chi connectivity index (χ2n) is 5.34. The Morgan fingerprint density at radius 3 is 3.05 bits per heavy atom. The minimum absolute atomic E-state index is 0.122. The Hall–Kier alpha value is -1.62. The number of hydrogen-bond donors (Lipinski definition) is 2. The molecule has 1 amide bonds. The zero-order valence-electron chi connectivity index (χ0n) is 12.3. The maximum Gasteiger partial charge on any atom is 0.269 e. The van der Waals surface area contributed by atoms with Gasteiger partial charge in [0.15, 0.2) is 0 Å².